The largest absolute Gasteiger partial charge is 0.317 e. The van der Waals surface area contributed by atoms with Crippen molar-refractivity contribution in [2.45, 2.75) is 37.6 Å². The molecule has 31 heavy (non-hydrogen) atoms. The van der Waals surface area contributed by atoms with Crippen molar-refractivity contribution >= 4 is 0 Å². The maximum atomic E-state index is 3.51. The van der Waals surface area contributed by atoms with Gasteiger partial charge in [-0.2, -0.15) is 0 Å². The third-order valence-corrected chi connectivity index (χ3v) is 7.41. The highest BCUT2D eigenvalue weighted by atomic mass is 15.2. The van der Waals surface area contributed by atoms with E-state index in [4.69, 9.17) is 0 Å². The average Bonchev–Trinajstić information content (AvgIpc) is 2.87. The molecule has 0 aromatic heterocycles. The summed E-state index contributed by atoms with van der Waals surface area (Å²) in [6.45, 7) is 4.87. The molecule has 0 aliphatic carbocycles. The second kappa shape index (κ2) is 9.80. The fourth-order valence-corrected chi connectivity index (χ4v) is 5.70. The number of hydrogen-bond acceptors (Lipinski definition) is 2. The maximum absolute atomic E-state index is 3.51. The lowest BCUT2D eigenvalue weighted by molar-refractivity contribution is 0.106. The highest BCUT2D eigenvalue weighted by Gasteiger charge is 2.31. The van der Waals surface area contributed by atoms with Crippen LogP contribution in [0, 0.1) is 5.92 Å². The zero-order valence-electron chi connectivity index (χ0n) is 18.4. The van der Waals surface area contributed by atoms with Crippen LogP contribution in [0.2, 0.25) is 0 Å². The van der Waals surface area contributed by atoms with Gasteiger partial charge < -0.3 is 10.2 Å². The molecular weight excluding hydrogens is 376 g/mol. The molecule has 0 radical (unpaired) electrons. The number of nitrogens with zero attached hydrogens (tertiary/aromatic N) is 1. The summed E-state index contributed by atoms with van der Waals surface area (Å²) >= 11 is 0. The summed E-state index contributed by atoms with van der Waals surface area (Å²) in [5, 5.41) is 3.51. The highest BCUT2D eigenvalue weighted by molar-refractivity contribution is 5.63. The van der Waals surface area contributed by atoms with Crippen molar-refractivity contribution in [2.24, 2.45) is 5.92 Å². The Morgan fingerprint density at radius 1 is 0.613 bits per heavy atom. The first-order chi connectivity index (χ1) is 15.4. The molecular formula is C29H34N2. The molecule has 2 nitrogen and oxygen atoms in total. The van der Waals surface area contributed by atoms with Gasteiger partial charge in [0.05, 0.1) is 0 Å². The topological polar surface area (TPSA) is 15.3 Å². The molecule has 2 fully saturated rings. The average molecular weight is 411 g/mol. The van der Waals surface area contributed by atoms with E-state index in [9.17, 15) is 0 Å². The molecule has 3 aromatic carbocycles. The van der Waals surface area contributed by atoms with Gasteiger partial charge in [-0.15, -0.1) is 0 Å². The lowest BCUT2D eigenvalue weighted by atomic mass is 9.75. The molecule has 160 valence electrons. The van der Waals surface area contributed by atoms with Crippen LogP contribution in [-0.4, -0.2) is 37.1 Å². The van der Waals surface area contributed by atoms with Gasteiger partial charge in [0, 0.05) is 12.0 Å². The van der Waals surface area contributed by atoms with Crippen LogP contribution < -0.4 is 5.32 Å². The Bertz CT molecular complexity index is 921. The van der Waals surface area contributed by atoms with Crippen LogP contribution >= 0.6 is 0 Å². The summed E-state index contributed by atoms with van der Waals surface area (Å²) < 4.78 is 0. The van der Waals surface area contributed by atoms with E-state index < -0.39 is 0 Å². The van der Waals surface area contributed by atoms with Gasteiger partial charge in [0.15, 0.2) is 0 Å². The summed E-state index contributed by atoms with van der Waals surface area (Å²) in [6, 6.07) is 32.1. The van der Waals surface area contributed by atoms with Crippen LogP contribution in [0.3, 0.4) is 0 Å². The second-order valence-corrected chi connectivity index (χ2v) is 9.23. The van der Waals surface area contributed by atoms with Crippen molar-refractivity contribution in [3.63, 3.8) is 0 Å². The standard InChI is InChI=1S/C29H34N2/c1-3-7-23(8-4-1)24-11-13-26(14-12-24)29(25-9-5-2-6-10-25)27-17-21-31(22-18-27)28-15-19-30-20-16-28/h1-14,27-30H,15-22H2. The van der Waals surface area contributed by atoms with E-state index in [1.807, 2.05) is 0 Å². The predicted molar refractivity (Wildman–Crippen MR) is 130 cm³/mol. The van der Waals surface area contributed by atoms with Crippen LogP contribution in [0.25, 0.3) is 11.1 Å². The zero-order valence-corrected chi connectivity index (χ0v) is 18.4. The van der Waals surface area contributed by atoms with E-state index in [-0.39, 0.29) is 0 Å². The molecule has 5 rings (SSSR count). The maximum Gasteiger partial charge on any atom is 0.0119 e. The molecule has 2 heteroatoms. The summed E-state index contributed by atoms with van der Waals surface area (Å²) in [7, 11) is 0. The van der Waals surface area contributed by atoms with Crippen LogP contribution in [0.5, 0.6) is 0 Å². The van der Waals surface area contributed by atoms with Crippen molar-refractivity contribution in [3.05, 3.63) is 96.1 Å². The Kier molecular flexibility index (Phi) is 6.48. The molecule has 0 spiro atoms. The fraction of sp³-hybridized carbons (Fsp3) is 0.379. The van der Waals surface area contributed by atoms with E-state index in [0.717, 1.165) is 6.04 Å². The first-order valence-corrected chi connectivity index (χ1v) is 12.0. The summed E-state index contributed by atoms with van der Waals surface area (Å²) in [4.78, 5) is 2.78. The molecule has 2 heterocycles. The molecule has 0 bridgehead atoms. The number of piperidine rings is 2. The minimum Gasteiger partial charge on any atom is -0.317 e. The first kappa shape index (κ1) is 20.5. The summed E-state index contributed by atoms with van der Waals surface area (Å²) in [5.41, 5.74) is 5.53. The third kappa shape index (κ3) is 4.76. The van der Waals surface area contributed by atoms with Crippen LogP contribution in [0.15, 0.2) is 84.9 Å². The molecule has 2 aliphatic heterocycles. The highest BCUT2D eigenvalue weighted by Crippen LogP contribution is 2.39. The molecule has 2 saturated heterocycles. The van der Waals surface area contributed by atoms with E-state index in [0.29, 0.717) is 11.8 Å². The zero-order chi connectivity index (χ0) is 20.9. The Balaban J connectivity index is 1.36. The Morgan fingerprint density at radius 3 is 1.81 bits per heavy atom. The van der Waals surface area contributed by atoms with Gasteiger partial charge in [0.2, 0.25) is 0 Å². The fourth-order valence-electron chi connectivity index (χ4n) is 5.70. The van der Waals surface area contributed by atoms with E-state index in [1.54, 1.807) is 0 Å². The Morgan fingerprint density at radius 2 is 1.16 bits per heavy atom. The third-order valence-electron chi connectivity index (χ3n) is 7.41. The van der Waals surface area contributed by atoms with E-state index in [1.165, 1.54) is 74.1 Å². The van der Waals surface area contributed by atoms with Crippen LogP contribution in [-0.2, 0) is 0 Å². The molecule has 2 aliphatic rings. The lowest BCUT2D eigenvalue weighted by Crippen LogP contribution is -2.47. The summed E-state index contributed by atoms with van der Waals surface area (Å²) in [5.74, 6) is 1.20. The number of nitrogens with one attached hydrogen (secondary N) is 1. The molecule has 1 atom stereocenters. The van der Waals surface area contributed by atoms with Gasteiger partial charge in [0.1, 0.15) is 0 Å². The SMILES string of the molecule is c1ccc(-c2ccc(C(c3ccccc3)C3CCN(C4CCNCC4)CC3)cc2)cc1. The summed E-state index contributed by atoms with van der Waals surface area (Å²) in [6.07, 6.45) is 5.22. The number of rotatable bonds is 5. The van der Waals surface area contributed by atoms with Crippen molar-refractivity contribution in [3.8, 4) is 11.1 Å². The molecule has 3 aromatic rings. The minimum absolute atomic E-state index is 0.487. The van der Waals surface area contributed by atoms with Gasteiger partial charge in [-0.1, -0.05) is 84.9 Å². The van der Waals surface area contributed by atoms with Crippen LogP contribution in [0.1, 0.15) is 42.7 Å². The lowest BCUT2D eigenvalue weighted by Gasteiger charge is -2.41. The quantitative estimate of drug-likeness (QED) is 0.559. The smallest absolute Gasteiger partial charge is 0.0119 e. The van der Waals surface area contributed by atoms with Gasteiger partial charge in [-0.05, 0) is 80.0 Å². The number of likely N-dealkylation sites (tertiary alicyclic amines) is 1. The molecule has 0 amide bonds. The van der Waals surface area contributed by atoms with Crippen molar-refractivity contribution in [2.75, 3.05) is 26.2 Å². The Labute approximate surface area is 187 Å². The van der Waals surface area contributed by atoms with Gasteiger partial charge in [-0.25, -0.2) is 0 Å². The number of benzene rings is 3. The molecule has 1 unspecified atom stereocenters. The Hall–Kier alpha value is -2.42. The van der Waals surface area contributed by atoms with Gasteiger partial charge in [0.25, 0.3) is 0 Å². The molecule has 0 saturated carbocycles. The normalized spacial score (nSPS) is 19.9. The van der Waals surface area contributed by atoms with E-state index >= 15 is 0 Å². The minimum atomic E-state index is 0.487. The number of hydrogen-bond donors (Lipinski definition) is 1. The van der Waals surface area contributed by atoms with Gasteiger partial charge in [-0.3, -0.25) is 0 Å². The monoisotopic (exact) mass is 410 g/mol. The predicted octanol–water partition coefficient (Wildman–Crippen LogP) is 5.95. The molecule has 1 N–H and O–H groups in total. The van der Waals surface area contributed by atoms with Crippen molar-refractivity contribution in [1.82, 2.24) is 10.2 Å². The van der Waals surface area contributed by atoms with Crippen molar-refractivity contribution in [1.29, 1.82) is 0 Å². The van der Waals surface area contributed by atoms with E-state index in [2.05, 4.69) is 95.1 Å². The second-order valence-electron chi connectivity index (χ2n) is 9.23. The van der Waals surface area contributed by atoms with Crippen molar-refractivity contribution < 1.29 is 0 Å². The first-order valence-electron chi connectivity index (χ1n) is 12.0. The van der Waals surface area contributed by atoms with Crippen LogP contribution in [0.4, 0.5) is 0 Å². The van der Waals surface area contributed by atoms with Gasteiger partial charge >= 0.3 is 0 Å².